The quantitative estimate of drug-likeness (QED) is 0.358. The molecular weight excluding hydrogens is 496 g/mol. The van der Waals surface area contributed by atoms with Gasteiger partial charge >= 0.3 is 0 Å². The summed E-state index contributed by atoms with van der Waals surface area (Å²) in [6.07, 6.45) is 0. The number of hydrogen-bond acceptors (Lipinski definition) is 0. The third-order valence-electron chi connectivity index (χ3n) is 4.07. The molecule has 0 saturated carbocycles. The van der Waals surface area contributed by atoms with E-state index in [4.69, 9.17) is 0 Å². The minimum Gasteiger partial charge on any atom is -0.0620 e. The van der Waals surface area contributed by atoms with Crippen molar-refractivity contribution in [2.45, 2.75) is 20.8 Å². The fraction of sp³-hybridized carbons (Fsp3) is 0.143. The van der Waals surface area contributed by atoms with Crippen LogP contribution in [0.5, 0.6) is 0 Å². The molecule has 130 valence electrons. The van der Waals surface area contributed by atoms with Gasteiger partial charge in [0.1, 0.15) is 0 Å². The van der Waals surface area contributed by atoms with E-state index in [1.807, 2.05) is 0 Å². The zero-order valence-electron chi connectivity index (χ0n) is 14.0. The van der Waals surface area contributed by atoms with Crippen LogP contribution in [0.1, 0.15) is 16.7 Å². The van der Waals surface area contributed by atoms with E-state index in [0.29, 0.717) is 0 Å². The first-order valence-corrected chi connectivity index (χ1v) is 8.99. The molecule has 0 radical (unpaired) electrons. The van der Waals surface area contributed by atoms with E-state index in [9.17, 15) is 0 Å². The Morgan fingerprint density at radius 3 is 0.958 bits per heavy atom. The molecule has 3 rings (SSSR count). The van der Waals surface area contributed by atoms with Gasteiger partial charge in [-0.1, -0.05) is 72.8 Å². The summed E-state index contributed by atoms with van der Waals surface area (Å²) >= 11 is 0. The van der Waals surface area contributed by atoms with Crippen LogP contribution in [0.25, 0.3) is 0 Å². The zero-order chi connectivity index (χ0) is 15.5. The van der Waals surface area contributed by atoms with Gasteiger partial charge in [-0.25, -0.2) is 0 Å². The van der Waals surface area contributed by atoms with Gasteiger partial charge in [0.05, 0.1) is 0 Å². The summed E-state index contributed by atoms with van der Waals surface area (Å²) in [5.41, 5.74) is 4.13. The van der Waals surface area contributed by atoms with Crippen LogP contribution in [-0.4, -0.2) is 0 Å². The molecule has 0 saturated heterocycles. The van der Waals surface area contributed by atoms with Crippen LogP contribution >= 0.6 is 7.92 Å². The maximum absolute atomic E-state index is 2.29. The molecule has 0 aliphatic heterocycles. The number of benzene rings is 3. The van der Waals surface area contributed by atoms with E-state index in [1.165, 1.54) is 32.6 Å². The summed E-state index contributed by atoms with van der Waals surface area (Å²) in [6.45, 7) is 6.67. The number of rotatable bonds is 3. The first kappa shape index (κ1) is 21.5. The van der Waals surface area contributed by atoms with Gasteiger partial charge in [-0.15, -0.1) is 0 Å². The van der Waals surface area contributed by atoms with Crippen molar-refractivity contribution in [1.82, 2.24) is 0 Å². The summed E-state index contributed by atoms with van der Waals surface area (Å²) in [5, 5.41) is 4.38. The van der Waals surface area contributed by atoms with E-state index in [2.05, 4.69) is 93.6 Å². The van der Waals surface area contributed by atoms with Crippen molar-refractivity contribution in [2.24, 2.45) is 0 Å². The van der Waals surface area contributed by atoms with Crippen LogP contribution in [0.4, 0.5) is 0 Å². The largest absolute Gasteiger partial charge is 0.0620 e. The van der Waals surface area contributed by atoms with Gasteiger partial charge in [-0.2, -0.15) is 0 Å². The van der Waals surface area contributed by atoms with Crippen molar-refractivity contribution >= 4 is 23.8 Å². The SMILES string of the molecule is Cc1ccccc1P(c1ccccc1C)c1ccccc1C.[Pd].[Pd]. The standard InChI is InChI=1S/C21H21P.2Pd/c1-16-10-4-7-13-19(16)22(20-14-8-5-11-17(20)2)21-15-9-6-12-18(21)3;;/h4-15H,1-3H3;;. The van der Waals surface area contributed by atoms with Crippen LogP contribution in [0, 0.1) is 20.8 Å². The van der Waals surface area contributed by atoms with Crippen molar-refractivity contribution in [2.75, 3.05) is 0 Å². The Morgan fingerprint density at radius 2 is 0.708 bits per heavy atom. The Labute approximate surface area is 174 Å². The summed E-state index contributed by atoms with van der Waals surface area (Å²) in [5.74, 6) is 0. The molecule has 0 aliphatic rings. The average molecular weight is 517 g/mol. The molecule has 0 N–H and O–H groups in total. The van der Waals surface area contributed by atoms with Crippen molar-refractivity contribution in [3.63, 3.8) is 0 Å². The average Bonchev–Trinajstić information content (AvgIpc) is 2.53. The molecule has 0 fully saturated rings. The fourth-order valence-electron chi connectivity index (χ4n) is 2.83. The van der Waals surface area contributed by atoms with Crippen LogP contribution < -0.4 is 15.9 Å². The van der Waals surface area contributed by atoms with Crippen molar-refractivity contribution < 1.29 is 40.8 Å². The van der Waals surface area contributed by atoms with E-state index < -0.39 is 7.92 Å². The van der Waals surface area contributed by atoms with Crippen LogP contribution in [0.2, 0.25) is 0 Å². The molecule has 0 nitrogen and oxygen atoms in total. The first-order chi connectivity index (χ1) is 10.7. The molecule has 3 heteroatoms. The normalized spacial score (nSPS) is 10.0. The molecule has 0 amide bonds. The molecule has 24 heavy (non-hydrogen) atoms. The van der Waals surface area contributed by atoms with Gasteiger partial charge in [-0.3, -0.25) is 0 Å². The van der Waals surface area contributed by atoms with Gasteiger partial charge in [-0.05, 0) is 61.3 Å². The van der Waals surface area contributed by atoms with Crippen molar-refractivity contribution in [3.8, 4) is 0 Å². The van der Waals surface area contributed by atoms with Crippen molar-refractivity contribution in [1.29, 1.82) is 0 Å². The molecule has 0 atom stereocenters. The third kappa shape index (κ3) is 4.52. The Kier molecular flexibility index (Phi) is 8.75. The molecule has 0 aromatic heterocycles. The fourth-order valence-corrected chi connectivity index (χ4v) is 5.60. The summed E-state index contributed by atoms with van der Waals surface area (Å²) in [7, 11) is -0.508. The summed E-state index contributed by atoms with van der Waals surface area (Å²) < 4.78 is 0. The Hall–Kier alpha value is -0.585. The van der Waals surface area contributed by atoms with Gasteiger partial charge in [0.2, 0.25) is 0 Å². The first-order valence-electron chi connectivity index (χ1n) is 7.65. The molecule has 3 aromatic rings. The Morgan fingerprint density at radius 1 is 0.458 bits per heavy atom. The second kappa shape index (κ2) is 9.78. The second-order valence-corrected chi connectivity index (χ2v) is 7.81. The smallest absolute Gasteiger partial charge is 0 e. The monoisotopic (exact) mass is 516 g/mol. The summed E-state index contributed by atoms with van der Waals surface area (Å²) in [4.78, 5) is 0. The molecule has 0 spiro atoms. The van der Waals surface area contributed by atoms with Gasteiger partial charge in [0.25, 0.3) is 0 Å². The van der Waals surface area contributed by atoms with Crippen LogP contribution in [-0.2, 0) is 40.8 Å². The van der Waals surface area contributed by atoms with E-state index in [1.54, 1.807) is 0 Å². The molecule has 0 heterocycles. The Bertz CT molecular complexity index is 691. The minimum atomic E-state index is -0.508. The van der Waals surface area contributed by atoms with Crippen LogP contribution in [0.15, 0.2) is 72.8 Å². The molecule has 0 aliphatic carbocycles. The molecule has 3 aromatic carbocycles. The number of hydrogen-bond donors (Lipinski definition) is 0. The van der Waals surface area contributed by atoms with E-state index in [0.717, 1.165) is 0 Å². The second-order valence-electron chi connectivity index (χ2n) is 5.69. The van der Waals surface area contributed by atoms with Gasteiger partial charge in [0.15, 0.2) is 0 Å². The predicted octanol–water partition coefficient (Wildman–Crippen LogP) is 4.37. The predicted molar refractivity (Wildman–Crippen MR) is 99.4 cm³/mol. The number of aryl methyl sites for hydroxylation is 3. The van der Waals surface area contributed by atoms with Crippen molar-refractivity contribution in [3.05, 3.63) is 89.5 Å². The maximum Gasteiger partial charge on any atom is 0 e. The third-order valence-corrected chi connectivity index (χ3v) is 7.02. The summed E-state index contributed by atoms with van der Waals surface area (Å²) in [6, 6.07) is 26.4. The molecule has 0 bridgehead atoms. The molecule has 0 unspecified atom stereocenters. The molecular formula is C21H21PPd2. The maximum atomic E-state index is 2.29. The topological polar surface area (TPSA) is 0 Å². The Balaban J connectivity index is 0.00000144. The van der Waals surface area contributed by atoms with Gasteiger partial charge < -0.3 is 0 Å². The van der Waals surface area contributed by atoms with E-state index >= 15 is 0 Å². The van der Waals surface area contributed by atoms with E-state index in [-0.39, 0.29) is 40.8 Å². The zero-order valence-corrected chi connectivity index (χ0v) is 18.0. The van der Waals surface area contributed by atoms with Crippen LogP contribution in [0.3, 0.4) is 0 Å². The minimum absolute atomic E-state index is 0. The van der Waals surface area contributed by atoms with Gasteiger partial charge in [0, 0.05) is 40.8 Å².